The third-order valence-corrected chi connectivity index (χ3v) is 5.33. The normalized spacial score (nSPS) is 15.2. The highest BCUT2D eigenvalue weighted by Gasteiger charge is 2.22. The third kappa shape index (κ3) is 5.20. The predicted molar refractivity (Wildman–Crippen MR) is 113 cm³/mol. The molecule has 0 unspecified atom stereocenters. The zero-order valence-corrected chi connectivity index (χ0v) is 16.7. The number of benzene rings is 2. The van der Waals surface area contributed by atoms with Gasteiger partial charge in [0.2, 0.25) is 5.91 Å². The largest absolute Gasteiger partial charge is 0.349 e. The van der Waals surface area contributed by atoms with Gasteiger partial charge in [-0.15, -0.1) is 0 Å². The summed E-state index contributed by atoms with van der Waals surface area (Å²) in [4.78, 5) is 27.0. The molecule has 2 amide bonds. The molecule has 1 aliphatic rings. The second kappa shape index (κ2) is 9.51. The van der Waals surface area contributed by atoms with E-state index < -0.39 is 0 Å². The first kappa shape index (κ1) is 20.1. The maximum Gasteiger partial charge on any atom is 0.251 e. The molecule has 5 heteroatoms. The Bertz CT molecular complexity index is 812. The van der Waals surface area contributed by atoms with E-state index in [1.54, 1.807) is 0 Å². The van der Waals surface area contributed by atoms with Gasteiger partial charge in [0.25, 0.3) is 5.91 Å². The molecule has 1 fully saturated rings. The number of hydrogen-bond acceptors (Lipinski definition) is 3. The van der Waals surface area contributed by atoms with Gasteiger partial charge in [-0.2, -0.15) is 0 Å². The van der Waals surface area contributed by atoms with Crippen LogP contribution in [0.2, 0.25) is 0 Å². The van der Waals surface area contributed by atoms with Crippen molar-refractivity contribution in [3.63, 3.8) is 0 Å². The van der Waals surface area contributed by atoms with Gasteiger partial charge in [0.05, 0.1) is 6.54 Å². The van der Waals surface area contributed by atoms with Crippen LogP contribution in [0.4, 0.5) is 5.69 Å². The summed E-state index contributed by atoms with van der Waals surface area (Å²) in [6, 6.07) is 15.6. The van der Waals surface area contributed by atoms with Crippen molar-refractivity contribution < 1.29 is 9.59 Å². The van der Waals surface area contributed by atoms with Crippen molar-refractivity contribution in [1.29, 1.82) is 0 Å². The van der Waals surface area contributed by atoms with E-state index in [0.29, 0.717) is 12.1 Å². The molecule has 2 aromatic rings. The number of likely N-dealkylation sites (tertiary alicyclic amines) is 1. The first-order valence-corrected chi connectivity index (χ1v) is 10.0. The minimum absolute atomic E-state index is 0.0239. The average molecular weight is 380 g/mol. The Morgan fingerprint density at radius 3 is 2.43 bits per heavy atom. The van der Waals surface area contributed by atoms with Crippen LogP contribution < -0.4 is 10.6 Å². The standard InChI is InChI=1S/C23H29N3O2/c1-3-18-11-7-8-17(2)22(18)25-21(27)16-26-14-12-20(13-15-26)24-23(28)19-9-5-4-6-10-19/h4-11,20H,3,12-16H2,1-2H3,(H,24,28)(H,25,27). The highest BCUT2D eigenvalue weighted by molar-refractivity contribution is 5.94. The summed E-state index contributed by atoms with van der Waals surface area (Å²) in [6.07, 6.45) is 2.61. The molecule has 5 nitrogen and oxygen atoms in total. The Labute approximate surface area is 167 Å². The maximum absolute atomic E-state index is 12.5. The van der Waals surface area contributed by atoms with E-state index in [1.807, 2.05) is 49.4 Å². The fraction of sp³-hybridized carbons (Fsp3) is 0.391. The number of rotatable bonds is 6. The molecular formula is C23H29N3O2. The summed E-state index contributed by atoms with van der Waals surface area (Å²) in [5, 5.41) is 6.20. The summed E-state index contributed by atoms with van der Waals surface area (Å²) in [5.74, 6) is -0.000730. The van der Waals surface area contributed by atoms with Crippen molar-refractivity contribution in [3.8, 4) is 0 Å². The van der Waals surface area contributed by atoms with Crippen LogP contribution in [0.1, 0.15) is 41.3 Å². The number of piperidine rings is 1. The molecule has 0 saturated carbocycles. The highest BCUT2D eigenvalue weighted by Crippen LogP contribution is 2.21. The topological polar surface area (TPSA) is 61.4 Å². The molecule has 1 saturated heterocycles. The third-order valence-electron chi connectivity index (χ3n) is 5.33. The van der Waals surface area contributed by atoms with Crippen molar-refractivity contribution >= 4 is 17.5 Å². The molecule has 3 rings (SSSR count). The maximum atomic E-state index is 12.5. The van der Waals surface area contributed by atoms with E-state index in [4.69, 9.17) is 0 Å². The number of hydrogen-bond donors (Lipinski definition) is 2. The first-order valence-electron chi connectivity index (χ1n) is 10.0. The number of carbonyl (C=O) groups excluding carboxylic acids is 2. The summed E-state index contributed by atoms with van der Waals surface area (Å²) in [7, 11) is 0. The van der Waals surface area contributed by atoms with Gasteiger partial charge >= 0.3 is 0 Å². The lowest BCUT2D eigenvalue weighted by Crippen LogP contribution is -2.46. The fourth-order valence-electron chi connectivity index (χ4n) is 3.68. The second-order valence-electron chi connectivity index (χ2n) is 7.40. The number of carbonyl (C=O) groups is 2. The Morgan fingerprint density at radius 1 is 1.04 bits per heavy atom. The van der Waals surface area contributed by atoms with Crippen molar-refractivity contribution in [1.82, 2.24) is 10.2 Å². The van der Waals surface area contributed by atoms with Crippen molar-refractivity contribution in [2.45, 2.75) is 39.2 Å². The van der Waals surface area contributed by atoms with Crippen LogP contribution in [0.15, 0.2) is 48.5 Å². The molecular weight excluding hydrogens is 350 g/mol. The minimum Gasteiger partial charge on any atom is -0.349 e. The Morgan fingerprint density at radius 2 is 1.75 bits per heavy atom. The van der Waals surface area contributed by atoms with E-state index in [9.17, 15) is 9.59 Å². The van der Waals surface area contributed by atoms with Crippen molar-refractivity contribution in [3.05, 3.63) is 65.2 Å². The van der Waals surface area contributed by atoms with Gasteiger partial charge in [-0.05, 0) is 49.4 Å². The van der Waals surface area contributed by atoms with E-state index in [1.165, 1.54) is 0 Å². The summed E-state index contributed by atoms with van der Waals surface area (Å²) in [6.45, 7) is 6.12. The van der Waals surface area contributed by atoms with Crippen LogP contribution in [-0.4, -0.2) is 42.4 Å². The Hall–Kier alpha value is -2.66. The molecule has 0 spiro atoms. The molecule has 1 aliphatic heterocycles. The van der Waals surface area contributed by atoms with Crippen LogP contribution in [0.5, 0.6) is 0 Å². The van der Waals surface area contributed by atoms with Gasteiger partial charge < -0.3 is 10.6 Å². The lowest BCUT2D eigenvalue weighted by Gasteiger charge is -2.32. The summed E-state index contributed by atoms with van der Waals surface area (Å²) in [5.41, 5.74) is 3.89. The van der Waals surface area contributed by atoms with Crippen molar-refractivity contribution in [2.24, 2.45) is 0 Å². The molecule has 28 heavy (non-hydrogen) atoms. The Kier molecular flexibility index (Phi) is 6.82. The lowest BCUT2D eigenvalue weighted by molar-refractivity contribution is -0.117. The predicted octanol–water partition coefficient (Wildman–Crippen LogP) is 3.39. The molecule has 0 aromatic heterocycles. The van der Waals surface area contributed by atoms with Gasteiger partial charge in [-0.3, -0.25) is 14.5 Å². The fourth-order valence-corrected chi connectivity index (χ4v) is 3.68. The van der Waals surface area contributed by atoms with Crippen LogP contribution in [-0.2, 0) is 11.2 Å². The number of aryl methyl sites for hydroxylation is 2. The number of anilines is 1. The molecule has 1 heterocycles. The quantitative estimate of drug-likeness (QED) is 0.809. The second-order valence-corrected chi connectivity index (χ2v) is 7.40. The molecule has 2 N–H and O–H groups in total. The Balaban J connectivity index is 1.47. The van der Waals surface area contributed by atoms with Crippen LogP contribution in [0.25, 0.3) is 0 Å². The van der Waals surface area contributed by atoms with Crippen LogP contribution in [0, 0.1) is 6.92 Å². The molecule has 2 aromatic carbocycles. The average Bonchev–Trinajstić information content (AvgIpc) is 2.71. The number of para-hydroxylation sites is 1. The monoisotopic (exact) mass is 379 g/mol. The summed E-state index contributed by atoms with van der Waals surface area (Å²) >= 11 is 0. The number of nitrogens with one attached hydrogen (secondary N) is 2. The minimum atomic E-state index is -0.0246. The van der Waals surface area contributed by atoms with Crippen molar-refractivity contribution in [2.75, 3.05) is 25.0 Å². The van der Waals surface area contributed by atoms with Gasteiger partial charge in [-0.25, -0.2) is 0 Å². The lowest BCUT2D eigenvalue weighted by atomic mass is 10.0. The first-order chi connectivity index (χ1) is 13.6. The zero-order valence-electron chi connectivity index (χ0n) is 16.7. The smallest absolute Gasteiger partial charge is 0.251 e. The van der Waals surface area contributed by atoms with E-state index in [2.05, 4.69) is 28.5 Å². The number of nitrogens with zero attached hydrogens (tertiary/aromatic N) is 1. The number of amides is 2. The van der Waals surface area contributed by atoms with Gasteiger partial charge in [-0.1, -0.05) is 43.3 Å². The van der Waals surface area contributed by atoms with E-state index >= 15 is 0 Å². The zero-order chi connectivity index (χ0) is 19.9. The molecule has 0 bridgehead atoms. The van der Waals surface area contributed by atoms with Crippen LogP contribution >= 0.6 is 0 Å². The highest BCUT2D eigenvalue weighted by atomic mass is 16.2. The summed E-state index contributed by atoms with van der Waals surface area (Å²) < 4.78 is 0. The van der Waals surface area contributed by atoms with E-state index in [0.717, 1.165) is 49.2 Å². The SMILES string of the molecule is CCc1cccc(C)c1NC(=O)CN1CCC(NC(=O)c2ccccc2)CC1. The van der Waals surface area contributed by atoms with E-state index in [-0.39, 0.29) is 17.9 Å². The van der Waals surface area contributed by atoms with Gasteiger partial charge in [0.15, 0.2) is 0 Å². The molecule has 0 radical (unpaired) electrons. The van der Waals surface area contributed by atoms with Gasteiger partial charge in [0, 0.05) is 30.4 Å². The molecule has 148 valence electrons. The van der Waals surface area contributed by atoms with Gasteiger partial charge in [0.1, 0.15) is 0 Å². The van der Waals surface area contributed by atoms with Crippen LogP contribution in [0.3, 0.4) is 0 Å². The molecule has 0 atom stereocenters. The molecule has 0 aliphatic carbocycles.